The van der Waals surface area contributed by atoms with E-state index < -0.39 is 11.9 Å². The van der Waals surface area contributed by atoms with E-state index in [9.17, 15) is 14.7 Å². The van der Waals surface area contributed by atoms with E-state index in [1.807, 2.05) is 0 Å². The predicted molar refractivity (Wildman–Crippen MR) is 66.8 cm³/mol. The van der Waals surface area contributed by atoms with E-state index in [4.69, 9.17) is 0 Å². The van der Waals surface area contributed by atoms with Crippen LogP contribution < -0.4 is 10.6 Å². The van der Waals surface area contributed by atoms with E-state index >= 15 is 0 Å². The molecule has 0 fully saturated rings. The van der Waals surface area contributed by atoms with Crippen LogP contribution >= 0.6 is 15.9 Å². The van der Waals surface area contributed by atoms with Crippen LogP contribution in [0.2, 0.25) is 0 Å². The molecule has 17 heavy (non-hydrogen) atoms. The van der Waals surface area contributed by atoms with Crippen molar-refractivity contribution < 1.29 is 14.7 Å². The minimum atomic E-state index is -0.661. The van der Waals surface area contributed by atoms with Crippen molar-refractivity contribution in [3.63, 3.8) is 0 Å². The number of phenols is 1. The van der Waals surface area contributed by atoms with Gasteiger partial charge in [0.25, 0.3) is 5.91 Å². The summed E-state index contributed by atoms with van der Waals surface area (Å²) in [5, 5.41) is 14.4. The summed E-state index contributed by atoms with van der Waals surface area (Å²) in [6.07, 6.45) is 0. The number of carbonyl (C=O) groups is 2. The first-order chi connectivity index (χ1) is 7.95. The summed E-state index contributed by atoms with van der Waals surface area (Å²) in [6.45, 7) is 1.56. The summed E-state index contributed by atoms with van der Waals surface area (Å²) >= 11 is 3.20. The maximum Gasteiger partial charge on any atom is 0.255 e. The van der Waals surface area contributed by atoms with Gasteiger partial charge in [-0.1, -0.05) is 15.9 Å². The van der Waals surface area contributed by atoms with Gasteiger partial charge in [0.05, 0.1) is 5.56 Å². The van der Waals surface area contributed by atoms with Gasteiger partial charge < -0.3 is 15.7 Å². The van der Waals surface area contributed by atoms with Crippen LogP contribution in [0.4, 0.5) is 0 Å². The molecule has 0 heterocycles. The zero-order chi connectivity index (χ0) is 13.0. The molecule has 1 atom stereocenters. The first-order valence-electron chi connectivity index (χ1n) is 4.96. The Balaban J connectivity index is 2.83. The Bertz CT molecular complexity index is 448. The van der Waals surface area contributed by atoms with Crippen LogP contribution in [0.1, 0.15) is 17.3 Å². The van der Waals surface area contributed by atoms with Gasteiger partial charge >= 0.3 is 0 Å². The summed E-state index contributed by atoms with van der Waals surface area (Å²) in [5.41, 5.74) is 0.120. The molecule has 6 heteroatoms. The fraction of sp³-hybridized carbons (Fsp3) is 0.273. The van der Waals surface area contributed by atoms with Gasteiger partial charge in [0.15, 0.2) is 0 Å². The van der Waals surface area contributed by atoms with Crippen molar-refractivity contribution in [1.29, 1.82) is 0 Å². The summed E-state index contributed by atoms with van der Waals surface area (Å²) < 4.78 is 0.674. The highest BCUT2D eigenvalue weighted by molar-refractivity contribution is 9.10. The molecule has 0 aliphatic rings. The Morgan fingerprint density at radius 1 is 1.41 bits per heavy atom. The molecule has 3 N–H and O–H groups in total. The highest BCUT2D eigenvalue weighted by Crippen LogP contribution is 2.21. The van der Waals surface area contributed by atoms with Crippen LogP contribution in [0.25, 0.3) is 0 Å². The fourth-order valence-corrected chi connectivity index (χ4v) is 1.61. The first kappa shape index (κ1) is 13.5. The number of rotatable bonds is 3. The van der Waals surface area contributed by atoms with E-state index in [-0.39, 0.29) is 17.2 Å². The number of hydrogen-bond acceptors (Lipinski definition) is 3. The lowest BCUT2D eigenvalue weighted by Gasteiger charge is -2.13. The molecular weight excluding hydrogens is 288 g/mol. The van der Waals surface area contributed by atoms with Crippen LogP contribution in [-0.4, -0.2) is 30.0 Å². The topological polar surface area (TPSA) is 78.4 Å². The lowest BCUT2D eigenvalue weighted by molar-refractivity contribution is -0.122. The van der Waals surface area contributed by atoms with Gasteiger partial charge in [0, 0.05) is 11.5 Å². The number of carbonyl (C=O) groups excluding carboxylic acids is 2. The molecule has 0 radical (unpaired) electrons. The lowest BCUT2D eigenvalue weighted by Crippen LogP contribution is -2.43. The number of benzene rings is 1. The van der Waals surface area contributed by atoms with E-state index in [1.165, 1.54) is 19.2 Å². The fourth-order valence-electron chi connectivity index (χ4n) is 1.25. The summed E-state index contributed by atoms with van der Waals surface area (Å²) in [7, 11) is 1.49. The van der Waals surface area contributed by atoms with E-state index in [2.05, 4.69) is 26.6 Å². The molecule has 1 aromatic carbocycles. The summed E-state index contributed by atoms with van der Waals surface area (Å²) in [6, 6.07) is 3.85. The standard InChI is InChI=1S/C11H13BrN2O3/c1-6(10(16)13-2)14-11(17)8-5-7(12)3-4-9(8)15/h3-6,15H,1-2H3,(H,13,16)(H,14,17). The lowest BCUT2D eigenvalue weighted by atomic mass is 10.1. The van der Waals surface area contributed by atoms with Crippen LogP contribution in [0.5, 0.6) is 5.75 Å². The average molecular weight is 301 g/mol. The van der Waals surface area contributed by atoms with Crippen LogP contribution in [-0.2, 0) is 4.79 Å². The maximum atomic E-state index is 11.8. The Morgan fingerprint density at radius 2 is 2.06 bits per heavy atom. The second-order valence-electron chi connectivity index (χ2n) is 3.47. The van der Waals surface area contributed by atoms with Gasteiger partial charge in [-0.2, -0.15) is 0 Å². The molecule has 1 unspecified atom stereocenters. The number of aromatic hydroxyl groups is 1. The molecule has 0 bridgehead atoms. The van der Waals surface area contributed by atoms with Crippen LogP contribution in [0, 0.1) is 0 Å². The van der Waals surface area contributed by atoms with Crippen molar-refractivity contribution in [3.05, 3.63) is 28.2 Å². The number of phenolic OH excluding ortho intramolecular Hbond substituents is 1. The van der Waals surface area contributed by atoms with Crippen LogP contribution in [0.15, 0.2) is 22.7 Å². The molecule has 0 saturated heterocycles. The zero-order valence-electron chi connectivity index (χ0n) is 9.45. The minimum Gasteiger partial charge on any atom is -0.507 e. The van der Waals surface area contributed by atoms with Crippen molar-refractivity contribution in [1.82, 2.24) is 10.6 Å². The molecule has 0 aliphatic carbocycles. The number of halogens is 1. The third kappa shape index (κ3) is 3.45. The van der Waals surface area contributed by atoms with Crippen molar-refractivity contribution in [3.8, 4) is 5.75 Å². The largest absolute Gasteiger partial charge is 0.507 e. The van der Waals surface area contributed by atoms with Gasteiger partial charge in [0.1, 0.15) is 11.8 Å². The second kappa shape index (κ2) is 5.67. The van der Waals surface area contributed by atoms with Crippen molar-refractivity contribution in [2.45, 2.75) is 13.0 Å². The maximum absolute atomic E-state index is 11.8. The van der Waals surface area contributed by atoms with Crippen molar-refractivity contribution in [2.75, 3.05) is 7.05 Å². The quantitative estimate of drug-likeness (QED) is 0.780. The third-order valence-electron chi connectivity index (χ3n) is 2.19. The van der Waals surface area contributed by atoms with E-state index in [0.29, 0.717) is 4.47 Å². The van der Waals surface area contributed by atoms with Gasteiger partial charge in [-0.05, 0) is 25.1 Å². The minimum absolute atomic E-state index is 0.120. The smallest absolute Gasteiger partial charge is 0.255 e. The molecule has 0 aromatic heterocycles. The molecule has 0 saturated carbocycles. The van der Waals surface area contributed by atoms with E-state index in [1.54, 1.807) is 13.0 Å². The average Bonchev–Trinajstić information content (AvgIpc) is 2.30. The molecule has 1 rings (SSSR count). The van der Waals surface area contributed by atoms with Gasteiger partial charge in [-0.15, -0.1) is 0 Å². The molecule has 1 aromatic rings. The highest BCUT2D eigenvalue weighted by atomic mass is 79.9. The normalized spacial score (nSPS) is 11.7. The third-order valence-corrected chi connectivity index (χ3v) is 2.68. The monoisotopic (exact) mass is 300 g/mol. The van der Waals surface area contributed by atoms with Crippen molar-refractivity contribution >= 4 is 27.7 Å². The Labute approximate surface area is 107 Å². The number of hydrogen-bond donors (Lipinski definition) is 3. The van der Waals surface area contributed by atoms with Crippen molar-refractivity contribution in [2.24, 2.45) is 0 Å². The van der Waals surface area contributed by atoms with Gasteiger partial charge in [-0.25, -0.2) is 0 Å². The molecule has 5 nitrogen and oxygen atoms in total. The molecule has 0 spiro atoms. The Hall–Kier alpha value is -1.56. The molecule has 2 amide bonds. The molecular formula is C11H13BrN2O3. The Morgan fingerprint density at radius 3 is 2.65 bits per heavy atom. The zero-order valence-corrected chi connectivity index (χ0v) is 11.0. The summed E-state index contributed by atoms with van der Waals surface area (Å²) in [5.74, 6) is -0.928. The van der Waals surface area contributed by atoms with Crippen LogP contribution in [0.3, 0.4) is 0 Å². The number of nitrogens with one attached hydrogen (secondary N) is 2. The van der Waals surface area contributed by atoms with Gasteiger partial charge in [-0.3, -0.25) is 9.59 Å². The first-order valence-corrected chi connectivity index (χ1v) is 5.76. The molecule has 0 aliphatic heterocycles. The predicted octanol–water partition coefficient (Wildman–Crippen LogP) is 1.02. The highest BCUT2D eigenvalue weighted by Gasteiger charge is 2.17. The Kier molecular flexibility index (Phi) is 4.51. The summed E-state index contributed by atoms with van der Waals surface area (Å²) in [4.78, 5) is 23.0. The van der Waals surface area contributed by atoms with Gasteiger partial charge in [0.2, 0.25) is 5.91 Å². The molecule has 92 valence electrons. The SMILES string of the molecule is CNC(=O)C(C)NC(=O)c1cc(Br)ccc1O. The second-order valence-corrected chi connectivity index (χ2v) is 4.39. The van der Waals surface area contributed by atoms with E-state index in [0.717, 1.165) is 0 Å². The number of amides is 2. The number of likely N-dealkylation sites (N-methyl/N-ethyl adjacent to an activating group) is 1.